The molecular weight excluding hydrogens is 498 g/mol. The van der Waals surface area contributed by atoms with Gasteiger partial charge in [0.1, 0.15) is 5.84 Å². The van der Waals surface area contributed by atoms with Gasteiger partial charge in [0, 0.05) is 17.1 Å². The van der Waals surface area contributed by atoms with Crippen LogP contribution in [0.5, 0.6) is 0 Å². The number of halogens is 1. The van der Waals surface area contributed by atoms with Gasteiger partial charge in [0.15, 0.2) is 0 Å². The van der Waals surface area contributed by atoms with E-state index < -0.39 is 0 Å². The summed E-state index contributed by atoms with van der Waals surface area (Å²) in [6.07, 6.45) is 0. The highest BCUT2D eigenvalue weighted by atomic mass is 35.5. The molecule has 39 heavy (non-hydrogen) atoms. The number of hydrogen-bond donors (Lipinski definition) is 3. The first kappa shape index (κ1) is 27.6. The molecule has 3 nitrogen and oxygen atoms in total. The van der Waals surface area contributed by atoms with E-state index in [2.05, 4.69) is 61.5 Å². The minimum Gasteiger partial charge on any atom is -0.384 e. The van der Waals surface area contributed by atoms with Gasteiger partial charge in [-0.05, 0) is 69.4 Å². The SMILES string of the molecule is Cc1ccc(-c2ccc(Cl)cc2)cc1.N=C(N)c1ccc2ccccc2c1.NCc1ccc2ccccc2c1. The number of hydrogen-bond acceptors (Lipinski definition) is 2. The van der Waals surface area contributed by atoms with Gasteiger partial charge in [-0.3, -0.25) is 5.41 Å². The van der Waals surface area contributed by atoms with Crippen LogP contribution in [0, 0.1) is 12.3 Å². The van der Waals surface area contributed by atoms with Crippen molar-refractivity contribution in [2.45, 2.75) is 13.5 Å². The van der Waals surface area contributed by atoms with Crippen molar-refractivity contribution in [2.75, 3.05) is 0 Å². The minimum atomic E-state index is 0.116. The molecule has 6 rings (SSSR count). The molecule has 0 radical (unpaired) electrons. The molecule has 0 saturated carbocycles. The fourth-order valence-corrected chi connectivity index (χ4v) is 4.24. The van der Waals surface area contributed by atoms with Crippen molar-refractivity contribution in [3.63, 3.8) is 0 Å². The summed E-state index contributed by atoms with van der Waals surface area (Å²) in [4.78, 5) is 0. The molecular formula is C35H32ClN3. The van der Waals surface area contributed by atoms with E-state index in [0.717, 1.165) is 16.0 Å². The predicted octanol–water partition coefficient (Wildman–Crippen LogP) is 8.74. The molecule has 0 heterocycles. The average molecular weight is 530 g/mol. The Bertz CT molecular complexity index is 1630. The van der Waals surface area contributed by atoms with Crippen LogP contribution in [0.25, 0.3) is 32.7 Å². The van der Waals surface area contributed by atoms with Crippen molar-refractivity contribution < 1.29 is 0 Å². The smallest absolute Gasteiger partial charge is 0.122 e. The Labute approximate surface area is 235 Å². The number of benzene rings is 6. The summed E-state index contributed by atoms with van der Waals surface area (Å²) < 4.78 is 0. The largest absolute Gasteiger partial charge is 0.384 e. The fraction of sp³-hybridized carbons (Fsp3) is 0.0571. The highest BCUT2D eigenvalue weighted by Gasteiger charge is 1.98. The molecule has 4 heteroatoms. The zero-order valence-electron chi connectivity index (χ0n) is 21.9. The van der Waals surface area contributed by atoms with E-state index in [0.29, 0.717) is 6.54 Å². The molecule has 0 amide bonds. The number of nitrogens with two attached hydrogens (primary N) is 2. The summed E-state index contributed by atoms with van der Waals surface area (Å²) in [6.45, 7) is 2.70. The third kappa shape index (κ3) is 7.78. The molecule has 0 aliphatic carbocycles. The second kappa shape index (κ2) is 13.4. The summed E-state index contributed by atoms with van der Waals surface area (Å²) in [7, 11) is 0. The molecule has 5 N–H and O–H groups in total. The number of fused-ring (bicyclic) bond motifs is 2. The van der Waals surface area contributed by atoms with Crippen molar-refractivity contribution in [1.29, 1.82) is 5.41 Å². The van der Waals surface area contributed by atoms with Gasteiger partial charge in [-0.25, -0.2) is 0 Å². The Morgan fingerprint density at radius 1 is 0.615 bits per heavy atom. The molecule has 0 aliphatic heterocycles. The van der Waals surface area contributed by atoms with E-state index in [1.165, 1.54) is 38.4 Å². The van der Waals surface area contributed by atoms with E-state index >= 15 is 0 Å². The van der Waals surface area contributed by atoms with Gasteiger partial charge in [0.2, 0.25) is 0 Å². The maximum atomic E-state index is 7.29. The third-order valence-electron chi connectivity index (χ3n) is 6.34. The lowest BCUT2D eigenvalue weighted by molar-refractivity contribution is 1.08. The zero-order chi connectivity index (χ0) is 27.6. The minimum absolute atomic E-state index is 0.116. The van der Waals surface area contributed by atoms with Gasteiger partial charge in [0.05, 0.1) is 0 Å². The average Bonchev–Trinajstić information content (AvgIpc) is 2.98. The van der Waals surface area contributed by atoms with E-state index in [4.69, 9.17) is 28.5 Å². The Kier molecular flexibility index (Phi) is 9.47. The molecule has 6 aromatic rings. The molecule has 0 aliphatic rings. The number of rotatable bonds is 3. The lowest BCUT2D eigenvalue weighted by Crippen LogP contribution is -2.10. The quantitative estimate of drug-likeness (QED) is 0.158. The van der Waals surface area contributed by atoms with Gasteiger partial charge >= 0.3 is 0 Å². The summed E-state index contributed by atoms with van der Waals surface area (Å²) >= 11 is 5.82. The van der Waals surface area contributed by atoms with Crippen LogP contribution in [0.1, 0.15) is 16.7 Å². The van der Waals surface area contributed by atoms with Crippen LogP contribution in [0.3, 0.4) is 0 Å². The first-order valence-corrected chi connectivity index (χ1v) is 13.1. The predicted molar refractivity (Wildman–Crippen MR) is 168 cm³/mol. The highest BCUT2D eigenvalue weighted by Crippen LogP contribution is 2.21. The Balaban J connectivity index is 0.000000136. The number of nitrogen functional groups attached to an aromatic ring is 1. The second-order valence-corrected chi connectivity index (χ2v) is 9.67. The standard InChI is InChI=1S/C13H11Cl.C11H10N2.C11H11N/c1-10-2-4-11(5-3-10)12-6-8-13(14)9-7-12;12-11(13)10-6-5-8-3-1-2-4-9(8)7-10;12-8-9-5-6-10-3-1-2-4-11(10)7-9/h2-9H,1H3;1-7H,(H3,12,13);1-7H,8,12H2. The van der Waals surface area contributed by atoms with E-state index in [-0.39, 0.29) is 5.84 Å². The normalized spacial score (nSPS) is 10.2. The van der Waals surface area contributed by atoms with Crippen LogP contribution >= 0.6 is 11.6 Å². The lowest BCUT2D eigenvalue weighted by Gasteiger charge is -2.01. The molecule has 6 aromatic carbocycles. The lowest BCUT2D eigenvalue weighted by atomic mass is 10.0. The van der Waals surface area contributed by atoms with Gasteiger partial charge < -0.3 is 11.5 Å². The molecule has 0 bridgehead atoms. The van der Waals surface area contributed by atoms with E-state index in [1.807, 2.05) is 78.9 Å². The Hall–Kier alpha value is -4.44. The molecule has 0 spiro atoms. The summed E-state index contributed by atoms with van der Waals surface area (Å²) in [5.74, 6) is 0.116. The maximum absolute atomic E-state index is 7.29. The van der Waals surface area contributed by atoms with Crippen LogP contribution < -0.4 is 11.5 Å². The van der Waals surface area contributed by atoms with Gasteiger partial charge in [-0.1, -0.05) is 126 Å². The first-order valence-electron chi connectivity index (χ1n) is 12.8. The summed E-state index contributed by atoms with van der Waals surface area (Å²) in [5.41, 5.74) is 16.6. The number of nitrogens with one attached hydrogen (secondary N) is 1. The highest BCUT2D eigenvalue weighted by molar-refractivity contribution is 6.30. The molecule has 0 saturated heterocycles. The third-order valence-corrected chi connectivity index (χ3v) is 6.59. The van der Waals surface area contributed by atoms with Crippen molar-refractivity contribution in [2.24, 2.45) is 11.5 Å². The van der Waals surface area contributed by atoms with Crippen molar-refractivity contribution in [3.8, 4) is 11.1 Å². The van der Waals surface area contributed by atoms with Gasteiger partial charge in [0.25, 0.3) is 0 Å². The Morgan fingerprint density at radius 3 is 1.64 bits per heavy atom. The molecule has 0 unspecified atom stereocenters. The molecule has 194 valence electrons. The van der Waals surface area contributed by atoms with Crippen LogP contribution in [0.4, 0.5) is 0 Å². The molecule has 0 fully saturated rings. The van der Waals surface area contributed by atoms with Gasteiger partial charge in [-0.15, -0.1) is 0 Å². The van der Waals surface area contributed by atoms with Crippen molar-refractivity contribution >= 4 is 39.0 Å². The van der Waals surface area contributed by atoms with Crippen molar-refractivity contribution in [1.82, 2.24) is 0 Å². The van der Waals surface area contributed by atoms with Crippen molar-refractivity contribution in [3.05, 3.63) is 155 Å². The summed E-state index contributed by atoms with van der Waals surface area (Å²) in [5, 5.41) is 12.9. The zero-order valence-corrected chi connectivity index (χ0v) is 22.7. The van der Waals surface area contributed by atoms with E-state index in [1.54, 1.807) is 0 Å². The van der Waals surface area contributed by atoms with Gasteiger partial charge in [-0.2, -0.15) is 0 Å². The number of aryl methyl sites for hydroxylation is 1. The summed E-state index contributed by atoms with van der Waals surface area (Å²) in [6, 6.07) is 44.8. The monoisotopic (exact) mass is 529 g/mol. The topological polar surface area (TPSA) is 75.9 Å². The fourth-order valence-electron chi connectivity index (χ4n) is 4.11. The van der Waals surface area contributed by atoms with Crippen LogP contribution in [-0.4, -0.2) is 5.84 Å². The number of amidine groups is 1. The van der Waals surface area contributed by atoms with Crippen LogP contribution in [-0.2, 0) is 6.54 Å². The van der Waals surface area contributed by atoms with Crippen LogP contribution in [0.15, 0.2) is 133 Å². The first-order chi connectivity index (χ1) is 18.9. The maximum Gasteiger partial charge on any atom is 0.122 e. The van der Waals surface area contributed by atoms with E-state index in [9.17, 15) is 0 Å². The second-order valence-electron chi connectivity index (χ2n) is 9.23. The Morgan fingerprint density at radius 2 is 1.10 bits per heavy atom. The molecule has 0 atom stereocenters. The molecule has 0 aromatic heterocycles. The van der Waals surface area contributed by atoms with Crippen LogP contribution in [0.2, 0.25) is 5.02 Å².